The maximum Gasteiger partial charge on any atom is 0.251 e. The van der Waals surface area contributed by atoms with Gasteiger partial charge in [0, 0.05) is 41.8 Å². The number of amides is 1. The second-order valence-corrected chi connectivity index (χ2v) is 8.36. The van der Waals surface area contributed by atoms with Crippen LogP contribution in [-0.2, 0) is 6.54 Å². The van der Waals surface area contributed by atoms with E-state index in [1.54, 1.807) is 35.2 Å². The molecule has 9 nitrogen and oxygen atoms in total. The van der Waals surface area contributed by atoms with Gasteiger partial charge in [-0.1, -0.05) is 0 Å². The molecule has 0 aliphatic heterocycles. The summed E-state index contributed by atoms with van der Waals surface area (Å²) in [7, 11) is 0. The Bertz CT molecular complexity index is 1210. The highest BCUT2D eigenvalue weighted by Gasteiger charge is 2.19. The zero-order valence-electron chi connectivity index (χ0n) is 18.2. The largest absolute Gasteiger partial charge is 0.467 e. The molecule has 3 aromatic heterocycles. The number of benzene rings is 1. The van der Waals surface area contributed by atoms with Crippen molar-refractivity contribution in [3.8, 4) is 0 Å². The van der Waals surface area contributed by atoms with Crippen LogP contribution in [0.3, 0.4) is 0 Å². The summed E-state index contributed by atoms with van der Waals surface area (Å²) in [5.74, 6) is 1.34. The summed E-state index contributed by atoms with van der Waals surface area (Å²) in [5, 5.41) is 14.4. The number of furan rings is 1. The van der Waals surface area contributed by atoms with Crippen LogP contribution in [0, 0.1) is 0 Å². The second-order valence-electron chi connectivity index (χ2n) is 8.36. The van der Waals surface area contributed by atoms with Gasteiger partial charge in [-0.2, -0.15) is 0 Å². The van der Waals surface area contributed by atoms with Crippen molar-refractivity contribution in [3.05, 3.63) is 72.4 Å². The van der Waals surface area contributed by atoms with Crippen LogP contribution >= 0.6 is 0 Å². The molecule has 33 heavy (non-hydrogen) atoms. The van der Waals surface area contributed by atoms with Crippen LogP contribution in [0.2, 0.25) is 0 Å². The Balaban J connectivity index is 1.28. The Morgan fingerprint density at radius 2 is 1.97 bits per heavy atom. The molecule has 5 rings (SSSR count). The molecule has 1 aliphatic carbocycles. The number of aromatic nitrogens is 3. The molecule has 0 atom stereocenters. The van der Waals surface area contributed by atoms with Crippen molar-refractivity contribution >= 4 is 28.7 Å². The zero-order valence-corrected chi connectivity index (χ0v) is 18.2. The number of rotatable bonds is 7. The highest BCUT2D eigenvalue weighted by molar-refractivity contribution is 5.94. The fraction of sp³-hybridized carbons (Fsp3) is 0.292. The van der Waals surface area contributed by atoms with Crippen molar-refractivity contribution in [2.24, 2.45) is 5.73 Å². The maximum atomic E-state index is 12.4. The highest BCUT2D eigenvalue weighted by atomic mass is 16.3. The first-order valence-corrected chi connectivity index (χ1v) is 11.2. The quantitative estimate of drug-likeness (QED) is 0.342. The Kier molecular flexibility index (Phi) is 5.95. The van der Waals surface area contributed by atoms with E-state index < -0.39 is 0 Å². The number of nitrogens with two attached hydrogens (primary N) is 1. The van der Waals surface area contributed by atoms with Gasteiger partial charge in [0.1, 0.15) is 11.6 Å². The third-order valence-electron chi connectivity index (χ3n) is 5.91. The molecule has 0 spiro atoms. The topological polar surface area (TPSA) is 123 Å². The lowest BCUT2D eigenvalue weighted by Crippen LogP contribution is -2.33. The smallest absolute Gasteiger partial charge is 0.251 e. The SMILES string of the molecule is NC1CCC(Nc2cc(Nc3ccc(C(=O)NCc4ccco4)cc3)c3nccn3n2)CC1. The standard InChI is InChI=1S/C24H27N7O2/c25-17-5-9-19(10-6-17)29-22-14-21(23-26-11-12-31(23)30-22)28-18-7-3-16(4-8-18)24(32)27-15-20-2-1-13-33-20/h1-4,7-8,11-14,17,19,28H,5-6,9-10,15,25H2,(H,27,32)(H,29,30). The predicted octanol–water partition coefficient (Wildman–Crippen LogP) is 3.68. The monoisotopic (exact) mass is 445 g/mol. The number of nitrogens with zero attached hydrogens (tertiary/aromatic N) is 3. The van der Waals surface area contributed by atoms with Gasteiger partial charge in [0.25, 0.3) is 5.91 Å². The molecule has 3 heterocycles. The van der Waals surface area contributed by atoms with Crippen LogP contribution in [0.1, 0.15) is 41.8 Å². The lowest BCUT2D eigenvalue weighted by Gasteiger charge is -2.27. The van der Waals surface area contributed by atoms with Gasteiger partial charge >= 0.3 is 0 Å². The Morgan fingerprint density at radius 3 is 2.73 bits per heavy atom. The van der Waals surface area contributed by atoms with Gasteiger partial charge in [0.2, 0.25) is 0 Å². The van der Waals surface area contributed by atoms with Crippen LogP contribution in [-0.4, -0.2) is 32.6 Å². The van der Waals surface area contributed by atoms with Crippen LogP contribution in [0.5, 0.6) is 0 Å². The van der Waals surface area contributed by atoms with E-state index in [0.29, 0.717) is 30.0 Å². The lowest BCUT2D eigenvalue weighted by atomic mass is 9.92. The average molecular weight is 446 g/mol. The number of carbonyl (C=O) groups excluding carboxylic acids is 1. The van der Waals surface area contributed by atoms with Gasteiger partial charge in [-0.25, -0.2) is 9.50 Å². The van der Waals surface area contributed by atoms with Gasteiger partial charge < -0.3 is 26.1 Å². The van der Waals surface area contributed by atoms with Gasteiger partial charge in [-0.15, -0.1) is 5.10 Å². The fourth-order valence-corrected chi connectivity index (χ4v) is 4.09. The van der Waals surface area contributed by atoms with E-state index in [0.717, 1.165) is 48.5 Å². The summed E-state index contributed by atoms with van der Waals surface area (Å²) in [5.41, 5.74) is 9.02. The van der Waals surface area contributed by atoms with E-state index in [2.05, 4.69) is 26.0 Å². The van der Waals surface area contributed by atoms with Crippen LogP contribution in [0.25, 0.3) is 5.65 Å². The molecule has 170 valence electrons. The van der Waals surface area contributed by atoms with E-state index >= 15 is 0 Å². The lowest BCUT2D eigenvalue weighted by molar-refractivity contribution is 0.0948. The summed E-state index contributed by atoms with van der Waals surface area (Å²) in [6.07, 6.45) is 9.27. The molecule has 1 aliphatic rings. The van der Waals surface area contributed by atoms with E-state index in [4.69, 9.17) is 10.2 Å². The first-order valence-electron chi connectivity index (χ1n) is 11.2. The molecule has 0 unspecified atom stereocenters. The summed E-state index contributed by atoms with van der Waals surface area (Å²) in [4.78, 5) is 16.8. The van der Waals surface area contributed by atoms with Gasteiger partial charge in [-0.3, -0.25) is 4.79 Å². The molecule has 1 amide bonds. The number of nitrogens with one attached hydrogen (secondary N) is 3. The van der Waals surface area contributed by atoms with Crippen LogP contribution in [0.15, 0.2) is 65.5 Å². The Labute approximate surface area is 191 Å². The van der Waals surface area contributed by atoms with E-state index in [-0.39, 0.29) is 5.91 Å². The predicted molar refractivity (Wildman–Crippen MR) is 126 cm³/mol. The molecular weight excluding hydrogens is 418 g/mol. The third-order valence-corrected chi connectivity index (χ3v) is 5.91. The number of imidazole rings is 1. The van der Waals surface area contributed by atoms with E-state index in [9.17, 15) is 4.79 Å². The van der Waals surface area contributed by atoms with Crippen molar-refractivity contribution in [3.63, 3.8) is 0 Å². The molecule has 0 radical (unpaired) electrons. The first kappa shape index (κ1) is 21.0. The normalized spacial score (nSPS) is 18.2. The first-order chi connectivity index (χ1) is 16.1. The number of anilines is 3. The van der Waals surface area contributed by atoms with E-state index in [1.165, 1.54) is 0 Å². The molecular formula is C24H27N7O2. The Hall–Kier alpha value is -3.85. The molecule has 0 bridgehead atoms. The van der Waals surface area contributed by atoms with Crippen molar-refractivity contribution in [2.75, 3.05) is 10.6 Å². The number of carbonyl (C=O) groups is 1. The maximum absolute atomic E-state index is 12.4. The number of fused-ring (bicyclic) bond motifs is 1. The van der Waals surface area contributed by atoms with Crippen molar-refractivity contribution in [1.29, 1.82) is 0 Å². The van der Waals surface area contributed by atoms with Gasteiger partial charge in [0.05, 0.1) is 18.5 Å². The van der Waals surface area contributed by atoms with Crippen molar-refractivity contribution in [1.82, 2.24) is 19.9 Å². The molecule has 1 aromatic carbocycles. The Morgan fingerprint density at radius 1 is 1.15 bits per heavy atom. The van der Waals surface area contributed by atoms with Crippen molar-refractivity contribution in [2.45, 2.75) is 44.3 Å². The van der Waals surface area contributed by atoms with Crippen molar-refractivity contribution < 1.29 is 9.21 Å². The molecule has 9 heteroatoms. The fourth-order valence-electron chi connectivity index (χ4n) is 4.09. The van der Waals surface area contributed by atoms with Crippen LogP contribution in [0.4, 0.5) is 17.2 Å². The highest BCUT2D eigenvalue weighted by Crippen LogP contribution is 2.26. The second kappa shape index (κ2) is 9.33. The molecule has 1 saturated carbocycles. The minimum Gasteiger partial charge on any atom is -0.467 e. The minimum atomic E-state index is -0.156. The summed E-state index contributed by atoms with van der Waals surface area (Å²) >= 11 is 0. The molecule has 0 saturated heterocycles. The summed E-state index contributed by atoms with van der Waals surface area (Å²) < 4.78 is 7.01. The molecule has 5 N–H and O–H groups in total. The minimum absolute atomic E-state index is 0.156. The zero-order chi connectivity index (χ0) is 22.6. The number of hydrogen-bond donors (Lipinski definition) is 4. The van der Waals surface area contributed by atoms with Crippen LogP contribution < -0.4 is 21.7 Å². The van der Waals surface area contributed by atoms with E-state index in [1.807, 2.05) is 30.5 Å². The third kappa shape index (κ3) is 4.98. The summed E-state index contributed by atoms with van der Waals surface area (Å²) in [6, 6.07) is 13.6. The van der Waals surface area contributed by atoms with Gasteiger partial charge in [0.15, 0.2) is 5.65 Å². The summed E-state index contributed by atoms with van der Waals surface area (Å²) in [6.45, 7) is 0.351. The molecule has 4 aromatic rings. The van der Waals surface area contributed by atoms with Gasteiger partial charge in [-0.05, 0) is 62.1 Å². The average Bonchev–Trinajstić information content (AvgIpc) is 3.52. The number of hydrogen-bond acceptors (Lipinski definition) is 7. The molecule has 1 fully saturated rings.